The van der Waals surface area contributed by atoms with E-state index in [4.69, 9.17) is 24.1 Å². The quantitative estimate of drug-likeness (QED) is 0.750. The normalized spacial score (nSPS) is 26.1. The highest BCUT2D eigenvalue weighted by Gasteiger charge is 2.42. The van der Waals surface area contributed by atoms with Gasteiger partial charge in [0.25, 0.3) is 0 Å². The summed E-state index contributed by atoms with van der Waals surface area (Å²) >= 11 is 0. The highest BCUT2D eigenvalue weighted by atomic mass is 19.4. The van der Waals surface area contributed by atoms with Gasteiger partial charge in [-0.2, -0.15) is 13.2 Å². The number of piperidine rings is 1. The second-order valence-electron chi connectivity index (χ2n) is 7.96. The van der Waals surface area contributed by atoms with E-state index in [1.807, 2.05) is 0 Å². The minimum absolute atomic E-state index is 0.340. The van der Waals surface area contributed by atoms with Gasteiger partial charge in [-0.1, -0.05) is 0 Å². The molecule has 28 heavy (non-hydrogen) atoms. The zero-order chi connectivity index (χ0) is 20.6. The molecule has 3 aliphatic heterocycles. The molecule has 0 aromatic carbocycles. The van der Waals surface area contributed by atoms with Crippen LogP contribution >= 0.6 is 0 Å². The molecular formula is C19H32F3NO5. The third-order valence-electron chi connectivity index (χ3n) is 5.81. The first-order valence-corrected chi connectivity index (χ1v) is 10.0. The zero-order valence-corrected chi connectivity index (χ0v) is 16.5. The number of likely N-dealkylation sites (tertiary alicyclic amines) is 1. The first-order valence-electron chi connectivity index (χ1n) is 10.0. The molecule has 3 fully saturated rings. The molecule has 3 rings (SSSR count). The van der Waals surface area contributed by atoms with Crippen LogP contribution in [-0.4, -0.2) is 80.9 Å². The van der Waals surface area contributed by atoms with Crippen LogP contribution in [0.3, 0.4) is 0 Å². The molecule has 0 aromatic heterocycles. The van der Waals surface area contributed by atoms with E-state index >= 15 is 0 Å². The molecule has 1 unspecified atom stereocenters. The van der Waals surface area contributed by atoms with Crippen LogP contribution in [-0.2, 0) is 19.0 Å². The molecule has 0 saturated carbocycles. The lowest BCUT2D eigenvalue weighted by Crippen LogP contribution is -2.43. The van der Waals surface area contributed by atoms with Crippen molar-refractivity contribution in [2.75, 3.05) is 52.7 Å². The van der Waals surface area contributed by atoms with Gasteiger partial charge in [0, 0.05) is 26.4 Å². The second-order valence-corrected chi connectivity index (χ2v) is 7.96. The van der Waals surface area contributed by atoms with Gasteiger partial charge in [-0.05, 0) is 63.5 Å². The van der Waals surface area contributed by atoms with E-state index in [-0.39, 0.29) is 0 Å². The Labute approximate surface area is 164 Å². The van der Waals surface area contributed by atoms with Crippen LogP contribution in [0, 0.1) is 11.3 Å². The van der Waals surface area contributed by atoms with Crippen molar-refractivity contribution < 1.29 is 37.3 Å². The number of carbonyl (C=O) groups is 1. The van der Waals surface area contributed by atoms with Gasteiger partial charge < -0.3 is 24.2 Å². The number of ether oxygens (including phenoxy) is 3. The second kappa shape index (κ2) is 10.8. The van der Waals surface area contributed by atoms with Gasteiger partial charge >= 0.3 is 12.1 Å². The maximum Gasteiger partial charge on any atom is 0.490 e. The lowest BCUT2D eigenvalue weighted by Gasteiger charge is -2.40. The number of hydrogen-bond donors (Lipinski definition) is 1. The Bertz CT molecular complexity index is 475. The summed E-state index contributed by atoms with van der Waals surface area (Å²) < 4.78 is 48.7. The molecule has 0 aromatic rings. The van der Waals surface area contributed by atoms with E-state index in [9.17, 15) is 13.2 Å². The van der Waals surface area contributed by atoms with E-state index < -0.39 is 12.1 Å². The van der Waals surface area contributed by atoms with Crippen LogP contribution in [0.4, 0.5) is 13.2 Å². The molecule has 0 bridgehead atoms. The Balaban J connectivity index is 0.000000345. The van der Waals surface area contributed by atoms with Crippen LogP contribution in [0.25, 0.3) is 0 Å². The summed E-state index contributed by atoms with van der Waals surface area (Å²) in [6, 6.07) is 0. The molecule has 0 radical (unpaired) electrons. The smallest absolute Gasteiger partial charge is 0.475 e. The average molecular weight is 411 g/mol. The van der Waals surface area contributed by atoms with Crippen molar-refractivity contribution in [3.63, 3.8) is 0 Å². The molecule has 3 heterocycles. The Kier molecular flexibility index (Phi) is 8.98. The molecular weight excluding hydrogens is 379 g/mol. The Morgan fingerprint density at radius 1 is 1.25 bits per heavy atom. The van der Waals surface area contributed by atoms with Crippen molar-refractivity contribution in [2.24, 2.45) is 11.3 Å². The summed E-state index contributed by atoms with van der Waals surface area (Å²) in [7, 11) is 0. The molecule has 3 saturated heterocycles. The Morgan fingerprint density at radius 3 is 2.39 bits per heavy atom. The van der Waals surface area contributed by atoms with Gasteiger partial charge in [0.1, 0.15) is 0 Å². The fourth-order valence-corrected chi connectivity index (χ4v) is 4.10. The van der Waals surface area contributed by atoms with Gasteiger partial charge in [-0.3, -0.25) is 0 Å². The first-order chi connectivity index (χ1) is 13.2. The fourth-order valence-electron chi connectivity index (χ4n) is 4.10. The van der Waals surface area contributed by atoms with Crippen molar-refractivity contribution in [1.82, 2.24) is 4.90 Å². The lowest BCUT2D eigenvalue weighted by atomic mass is 9.76. The molecule has 1 atom stereocenters. The molecule has 164 valence electrons. The summed E-state index contributed by atoms with van der Waals surface area (Å²) in [5.41, 5.74) is 0.452. The number of aliphatic carboxylic acids is 1. The average Bonchev–Trinajstić information content (AvgIpc) is 3.05. The maximum atomic E-state index is 10.6. The van der Waals surface area contributed by atoms with E-state index in [2.05, 4.69) is 11.8 Å². The van der Waals surface area contributed by atoms with Gasteiger partial charge in [0.2, 0.25) is 0 Å². The van der Waals surface area contributed by atoms with Crippen molar-refractivity contribution in [1.29, 1.82) is 0 Å². The topological polar surface area (TPSA) is 68.2 Å². The van der Waals surface area contributed by atoms with Gasteiger partial charge in [0.05, 0.1) is 19.3 Å². The van der Waals surface area contributed by atoms with Gasteiger partial charge in [0.15, 0.2) is 0 Å². The predicted molar refractivity (Wildman–Crippen MR) is 96.2 cm³/mol. The third kappa shape index (κ3) is 7.50. The predicted octanol–water partition coefficient (Wildman–Crippen LogP) is 2.95. The summed E-state index contributed by atoms with van der Waals surface area (Å²) in [5.74, 6) is -1.90. The molecule has 1 spiro atoms. The van der Waals surface area contributed by atoms with Crippen molar-refractivity contribution >= 4 is 5.97 Å². The van der Waals surface area contributed by atoms with Crippen LogP contribution in [0.1, 0.15) is 39.0 Å². The minimum atomic E-state index is -5.08. The Hall–Kier alpha value is -0.900. The monoisotopic (exact) mass is 411 g/mol. The van der Waals surface area contributed by atoms with Crippen molar-refractivity contribution in [3.05, 3.63) is 0 Å². The van der Waals surface area contributed by atoms with E-state index in [1.165, 1.54) is 51.7 Å². The van der Waals surface area contributed by atoms with Crippen LogP contribution < -0.4 is 0 Å². The summed E-state index contributed by atoms with van der Waals surface area (Å²) in [4.78, 5) is 11.6. The van der Waals surface area contributed by atoms with Crippen molar-refractivity contribution in [3.8, 4) is 0 Å². The highest BCUT2D eigenvalue weighted by Crippen LogP contribution is 2.42. The molecule has 0 aliphatic carbocycles. The Morgan fingerprint density at radius 2 is 1.86 bits per heavy atom. The standard InChI is InChI=1S/C17H31NO3.C2HF3O2/c1-2-19-13-16-11-17(14-21-16)5-7-18(8-6-17)12-15-3-9-20-10-4-15;3-2(4,5)1(6)7/h15-16H,2-14H2,1H3;(H,6,7). The number of halogens is 3. The summed E-state index contributed by atoms with van der Waals surface area (Å²) in [6.45, 7) is 10.3. The van der Waals surface area contributed by atoms with E-state index in [0.717, 1.165) is 39.0 Å². The molecule has 3 aliphatic rings. The largest absolute Gasteiger partial charge is 0.490 e. The summed E-state index contributed by atoms with van der Waals surface area (Å²) in [6.07, 6.45) is 1.57. The number of alkyl halides is 3. The number of carboxylic acids is 1. The minimum Gasteiger partial charge on any atom is -0.475 e. The molecule has 0 amide bonds. The van der Waals surface area contributed by atoms with E-state index in [1.54, 1.807) is 0 Å². The molecule has 1 N–H and O–H groups in total. The van der Waals surface area contributed by atoms with Crippen LogP contribution in [0.15, 0.2) is 0 Å². The lowest BCUT2D eigenvalue weighted by molar-refractivity contribution is -0.192. The van der Waals surface area contributed by atoms with Gasteiger partial charge in [-0.25, -0.2) is 4.79 Å². The zero-order valence-electron chi connectivity index (χ0n) is 16.5. The number of nitrogens with zero attached hydrogens (tertiary/aromatic N) is 1. The van der Waals surface area contributed by atoms with Crippen molar-refractivity contribution in [2.45, 2.75) is 51.3 Å². The number of hydrogen-bond acceptors (Lipinski definition) is 5. The third-order valence-corrected chi connectivity index (χ3v) is 5.81. The van der Waals surface area contributed by atoms with Gasteiger partial charge in [-0.15, -0.1) is 0 Å². The molecule has 9 heteroatoms. The van der Waals surface area contributed by atoms with Crippen LogP contribution in [0.5, 0.6) is 0 Å². The number of carboxylic acid groups (broad SMARTS) is 1. The maximum absolute atomic E-state index is 10.6. The van der Waals surface area contributed by atoms with Crippen LogP contribution in [0.2, 0.25) is 0 Å². The fraction of sp³-hybridized carbons (Fsp3) is 0.947. The first kappa shape index (κ1) is 23.4. The number of rotatable bonds is 5. The summed E-state index contributed by atoms with van der Waals surface area (Å²) in [5, 5.41) is 7.12. The molecule has 6 nitrogen and oxygen atoms in total. The highest BCUT2D eigenvalue weighted by molar-refractivity contribution is 5.73. The SMILES string of the molecule is CCOCC1CC2(CCN(CC3CCOCC3)CC2)CO1.O=C(O)C(F)(F)F. The van der Waals surface area contributed by atoms with E-state index in [0.29, 0.717) is 11.5 Å².